The summed E-state index contributed by atoms with van der Waals surface area (Å²) in [7, 11) is 0. The van der Waals surface area contributed by atoms with Gasteiger partial charge in [0.2, 0.25) is 0 Å². The Labute approximate surface area is 183 Å². The molecule has 0 saturated heterocycles. The van der Waals surface area contributed by atoms with E-state index in [1.807, 2.05) is 19.1 Å². The van der Waals surface area contributed by atoms with Crippen molar-refractivity contribution in [3.8, 4) is 11.5 Å². The third-order valence-corrected chi connectivity index (χ3v) is 4.22. The van der Waals surface area contributed by atoms with Gasteiger partial charge in [-0.2, -0.15) is 5.10 Å². The van der Waals surface area contributed by atoms with Crippen molar-refractivity contribution in [2.75, 3.05) is 6.61 Å². The van der Waals surface area contributed by atoms with Crippen molar-refractivity contribution in [1.82, 2.24) is 5.43 Å². The Morgan fingerprint density at radius 1 is 1.03 bits per heavy atom. The molecular weight excluding hydrogens is 414 g/mol. The predicted molar refractivity (Wildman–Crippen MR) is 117 cm³/mol. The lowest BCUT2D eigenvalue weighted by Gasteiger charge is -2.07. The van der Waals surface area contributed by atoms with Crippen LogP contribution in [0.1, 0.15) is 21.5 Å². The van der Waals surface area contributed by atoms with Crippen molar-refractivity contribution < 1.29 is 24.0 Å². The zero-order chi connectivity index (χ0) is 22.9. The van der Waals surface area contributed by atoms with E-state index in [9.17, 15) is 19.7 Å². The molecule has 0 atom stereocenters. The average Bonchev–Trinajstić information content (AvgIpc) is 2.80. The summed E-state index contributed by atoms with van der Waals surface area (Å²) >= 11 is 0. The minimum Gasteiger partial charge on any atom is -0.484 e. The maximum Gasteiger partial charge on any atom is 0.343 e. The lowest BCUT2D eigenvalue weighted by molar-refractivity contribution is -0.384. The topological polar surface area (TPSA) is 120 Å². The number of aryl methyl sites for hydroxylation is 1. The molecule has 9 nitrogen and oxygen atoms in total. The zero-order valence-corrected chi connectivity index (χ0v) is 17.1. The van der Waals surface area contributed by atoms with Crippen LogP contribution < -0.4 is 14.9 Å². The summed E-state index contributed by atoms with van der Waals surface area (Å²) in [5, 5.41) is 14.6. The Kier molecular flexibility index (Phi) is 7.26. The summed E-state index contributed by atoms with van der Waals surface area (Å²) in [6.45, 7) is 1.74. The van der Waals surface area contributed by atoms with E-state index in [0.717, 1.165) is 5.56 Å². The lowest BCUT2D eigenvalue weighted by Crippen LogP contribution is -2.24. The normalized spacial score (nSPS) is 10.5. The first kappa shape index (κ1) is 22.2. The highest BCUT2D eigenvalue weighted by Gasteiger charge is 2.13. The van der Waals surface area contributed by atoms with Gasteiger partial charge in [0, 0.05) is 17.7 Å². The van der Waals surface area contributed by atoms with Crippen molar-refractivity contribution in [2.45, 2.75) is 6.92 Å². The fourth-order valence-electron chi connectivity index (χ4n) is 2.55. The number of carbonyl (C=O) groups is 2. The van der Waals surface area contributed by atoms with Crippen LogP contribution in [0.25, 0.3) is 0 Å². The third kappa shape index (κ3) is 6.23. The van der Waals surface area contributed by atoms with Crippen LogP contribution in [-0.4, -0.2) is 29.6 Å². The number of ether oxygens (including phenoxy) is 2. The van der Waals surface area contributed by atoms with E-state index < -0.39 is 16.8 Å². The maximum absolute atomic E-state index is 12.3. The van der Waals surface area contributed by atoms with Gasteiger partial charge in [0.05, 0.1) is 16.7 Å². The fraction of sp³-hybridized carbons (Fsp3) is 0.0870. The Bertz CT molecular complexity index is 1140. The largest absolute Gasteiger partial charge is 0.484 e. The molecule has 1 amide bonds. The summed E-state index contributed by atoms with van der Waals surface area (Å²) in [5.74, 6) is -0.360. The number of carbonyl (C=O) groups excluding carboxylic acids is 2. The Morgan fingerprint density at radius 3 is 2.41 bits per heavy atom. The van der Waals surface area contributed by atoms with Crippen molar-refractivity contribution in [3.63, 3.8) is 0 Å². The molecule has 32 heavy (non-hydrogen) atoms. The first-order chi connectivity index (χ1) is 15.4. The molecule has 0 aromatic heterocycles. The number of hydrogen-bond acceptors (Lipinski definition) is 7. The third-order valence-electron chi connectivity index (χ3n) is 4.22. The number of hydrazone groups is 1. The van der Waals surface area contributed by atoms with E-state index in [1.54, 1.807) is 36.4 Å². The number of nitrogens with zero attached hydrogens (tertiary/aromatic N) is 2. The van der Waals surface area contributed by atoms with Gasteiger partial charge in [0.25, 0.3) is 11.6 Å². The maximum atomic E-state index is 12.3. The molecule has 3 aromatic rings. The molecule has 0 heterocycles. The van der Waals surface area contributed by atoms with Gasteiger partial charge in [0.15, 0.2) is 6.61 Å². The quantitative estimate of drug-likeness (QED) is 0.190. The second-order valence-electron chi connectivity index (χ2n) is 6.63. The van der Waals surface area contributed by atoms with E-state index in [2.05, 4.69) is 10.5 Å². The summed E-state index contributed by atoms with van der Waals surface area (Å²) in [6.07, 6.45) is 1.34. The standard InChI is InChI=1S/C23H19N3O6/c1-16-6-12-20(13-7-16)31-15-22(27)25-24-14-18-4-2-3-5-21(18)32-23(28)17-8-10-19(11-9-17)26(29)30/h2-14H,15H2,1H3,(H,25,27)/b24-14+. The van der Waals surface area contributed by atoms with Crippen LogP contribution in [0.4, 0.5) is 5.69 Å². The second kappa shape index (κ2) is 10.5. The molecule has 162 valence electrons. The van der Waals surface area contributed by atoms with E-state index >= 15 is 0 Å². The SMILES string of the molecule is Cc1ccc(OCC(=O)N/N=C/c2ccccc2OC(=O)c2ccc([N+](=O)[O-])cc2)cc1. The van der Waals surface area contributed by atoms with Gasteiger partial charge in [-0.1, -0.05) is 29.8 Å². The average molecular weight is 433 g/mol. The summed E-state index contributed by atoms with van der Waals surface area (Å²) in [5.41, 5.74) is 3.90. The molecular formula is C23H19N3O6. The lowest BCUT2D eigenvalue weighted by atomic mass is 10.2. The van der Waals surface area contributed by atoms with Crippen LogP contribution in [-0.2, 0) is 4.79 Å². The molecule has 0 radical (unpaired) electrons. The van der Waals surface area contributed by atoms with Crippen LogP contribution in [0, 0.1) is 17.0 Å². The summed E-state index contributed by atoms with van der Waals surface area (Å²) in [4.78, 5) is 34.4. The minimum atomic E-state index is -0.684. The Hall–Kier alpha value is -4.53. The molecule has 0 bridgehead atoms. The first-order valence-corrected chi connectivity index (χ1v) is 9.49. The molecule has 1 N–H and O–H groups in total. The number of rotatable bonds is 8. The van der Waals surface area contributed by atoms with Crippen LogP contribution in [0.15, 0.2) is 77.9 Å². The van der Waals surface area contributed by atoms with E-state index in [0.29, 0.717) is 11.3 Å². The van der Waals surface area contributed by atoms with Crippen LogP contribution in [0.5, 0.6) is 11.5 Å². The molecule has 3 rings (SSSR count). The highest BCUT2D eigenvalue weighted by atomic mass is 16.6. The van der Waals surface area contributed by atoms with Crippen molar-refractivity contribution in [1.29, 1.82) is 0 Å². The Balaban J connectivity index is 1.57. The number of hydrogen-bond donors (Lipinski definition) is 1. The molecule has 0 aliphatic carbocycles. The highest BCUT2D eigenvalue weighted by molar-refractivity contribution is 5.93. The van der Waals surface area contributed by atoms with Crippen LogP contribution in [0.3, 0.4) is 0 Å². The van der Waals surface area contributed by atoms with E-state index in [4.69, 9.17) is 9.47 Å². The number of non-ortho nitro benzene ring substituents is 1. The molecule has 0 unspecified atom stereocenters. The minimum absolute atomic E-state index is 0.129. The molecule has 0 spiro atoms. The van der Waals surface area contributed by atoms with Crippen molar-refractivity contribution in [2.24, 2.45) is 5.10 Å². The number of nitro groups is 1. The summed E-state index contributed by atoms with van der Waals surface area (Å²) < 4.78 is 10.7. The molecule has 0 saturated carbocycles. The van der Waals surface area contributed by atoms with Gasteiger partial charge in [-0.05, 0) is 43.3 Å². The van der Waals surface area contributed by atoms with Crippen molar-refractivity contribution in [3.05, 3.63) is 99.6 Å². The van der Waals surface area contributed by atoms with Gasteiger partial charge < -0.3 is 9.47 Å². The fourth-order valence-corrected chi connectivity index (χ4v) is 2.55. The number of amides is 1. The first-order valence-electron chi connectivity index (χ1n) is 9.49. The highest BCUT2D eigenvalue weighted by Crippen LogP contribution is 2.19. The van der Waals surface area contributed by atoms with Crippen LogP contribution in [0.2, 0.25) is 0 Å². The van der Waals surface area contributed by atoms with Gasteiger partial charge in [-0.3, -0.25) is 14.9 Å². The molecule has 9 heteroatoms. The second-order valence-corrected chi connectivity index (χ2v) is 6.63. The van der Waals surface area contributed by atoms with Crippen LogP contribution >= 0.6 is 0 Å². The Morgan fingerprint density at radius 2 is 1.72 bits per heavy atom. The van der Waals surface area contributed by atoms with Gasteiger partial charge >= 0.3 is 5.97 Å². The molecule has 0 aliphatic rings. The molecule has 0 aliphatic heterocycles. The van der Waals surface area contributed by atoms with Gasteiger partial charge in [0.1, 0.15) is 11.5 Å². The molecule has 3 aromatic carbocycles. The monoisotopic (exact) mass is 433 g/mol. The smallest absolute Gasteiger partial charge is 0.343 e. The number of nitrogens with one attached hydrogen (secondary N) is 1. The number of benzene rings is 3. The number of para-hydroxylation sites is 1. The zero-order valence-electron chi connectivity index (χ0n) is 17.1. The van der Waals surface area contributed by atoms with Gasteiger partial charge in [-0.25, -0.2) is 10.2 Å². The van der Waals surface area contributed by atoms with E-state index in [-0.39, 0.29) is 23.6 Å². The predicted octanol–water partition coefficient (Wildman–Crippen LogP) is 3.65. The van der Waals surface area contributed by atoms with Crippen molar-refractivity contribution >= 4 is 23.8 Å². The molecule has 0 fully saturated rings. The van der Waals surface area contributed by atoms with Gasteiger partial charge in [-0.15, -0.1) is 0 Å². The van der Waals surface area contributed by atoms with E-state index in [1.165, 1.54) is 30.5 Å². The number of nitro benzene ring substituents is 1. The summed E-state index contributed by atoms with van der Waals surface area (Å²) in [6, 6.07) is 18.9. The number of esters is 1.